The first-order valence-electron chi connectivity index (χ1n) is 5.08. The fraction of sp³-hybridized carbons (Fsp3) is 1.00. The van der Waals surface area contributed by atoms with Crippen LogP contribution in [0.25, 0.3) is 0 Å². The molecule has 0 heterocycles. The van der Waals surface area contributed by atoms with Crippen molar-refractivity contribution >= 4 is 0 Å². The zero-order valence-corrected chi connectivity index (χ0v) is 8.80. The number of nitrogens with two attached hydrogens (primary N) is 1. The van der Waals surface area contributed by atoms with E-state index in [0.717, 1.165) is 0 Å². The summed E-state index contributed by atoms with van der Waals surface area (Å²) in [4.78, 5) is 10.9. The Morgan fingerprint density at radius 1 is 1.13 bits per heavy atom. The lowest BCUT2D eigenvalue weighted by Gasteiger charge is -2.32. The first kappa shape index (κ1) is 14.4. The van der Waals surface area contributed by atoms with Gasteiger partial charge < -0.3 is 21.1 Å². The number of nitroso groups, excluding NO2 is 1. The van der Waals surface area contributed by atoms with Gasteiger partial charge >= 0.3 is 0 Å². The zero-order chi connectivity index (χ0) is 11.7. The molecule has 0 fully saturated rings. The summed E-state index contributed by atoms with van der Waals surface area (Å²) >= 11 is 0. The summed E-state index contributed by atoms with van der Waals surface area (Å²) < 4.78 is 0. The number of nitrogens with zero attached hydrogens (tertiary/aromatic N) is 1. The summed E-state index contributed by atoms with van der Waals surface area (Å²) in [5, 5.41) is 29.6. The van der Waals surface area contributed by atoms with Crippen molar-refractivity contribution in [3.05, 3.63) is 4.91 Å². The summed E-state index contributed by atoms with van der Waals surface area (Å²) in [5.41, 5.74) is 4.45. The number of aliphatic hydroxyl groups excluding tert-OH is 3. The summed E-state index contributed by atoms with van der Waals surface area (Å²) in [6.45, 7) is -0.260. The molecule has 0 bridgehead atoms. The molecule has 0 aliphatic rings. The van der Waals surface area contributed by atoms with Crippen molar-refractivity contribution in [1.82, 2.24) is 0 Å². The minimum atomic E-state index is -1.05. The molecule has 90 valence electrons. The smallest absolute Gasteiger partial charge is 0.111 e. The Hall–Kier alpha value is -0.560. The van der Waals surface area contributed by atoms with Gasteiger partial charge in [-0.2, -0.15) is 4.91 Å². The largest absolute Gasteiger partial charge is 0.396 e. The van der Waals surface area contributed by atoms with E-state index in [0.29, 0.717) is 6.42 Å². The lowest BCUT2D eigenvalue weighted by molar-refractivity contribution is 0.128. The molecule has 1 atom stereocenters. The molecule has 1 unspecified atom stereocenters. The van der Waals surface area contributed by atoms with Crippen LogP contribution in [0.5, 0.6) is 0 Å². The molecule has 0 amide bonds. The zero-order valence-electron chi connectivity index (χ0n) is 8.80. The molecular formula is C9H20N2O4. The Morgan fingerprint density at radius 2 is 1.67 bits per heavy atom. The number of aliphatic hydroxyl groups is 3. The molecule has 0 aromatic carbocycles. The molecular weight excluding hydrogens is 200 g/mol. The third-order valence-corrected chi connectivity index (χ3v) is 2.79. The topological polar surface area (TPSA) is 116 Å². The standard InChI is InChI=1S/C9H20N2O4/c10-7-8(1-4-12)9(11-15,2-5-13)3-6-14/h8,12-14H,1-7,10H2. The number of rotatable bonds is 9. The van der Waals surface area contributed by atoms with Gasteiger partial charge in [0.05, 0.1) is 0 Å². The predicted molar refractivity (Wildman–Crippen MR) is 56.2 cm³/mol. The second kappa shape index (κ2) is 7.70. The minimum Gasteiger partial charge on any atom is -0.396 e. The van der Waals surface area contributed by atoms with Gasteiger partial charge in [0, 0.05) is 25.7 Å². The normalized spacial score (nSPS) is 13.9. The first-order valence-corrected chi connectivity index (χ1v) is 5.08. The molecule has 0 aliphatic carbocycles. The van der Waals surface area contributed by atoms with Crippen molar-refractivity contribution in [3.8, 4) is 0 Å². The van der Waals surface area contributed by atoms with E-state index in [4.69, 9.17) is 21.1 Å². The van der Waals surface area contributed by atoms with Gasteiger partial charge in [-0.3, -0.25) is 0 Å². The Labute approximate surface area is 89.1 Å². The van der Waals surface area contributed by atoms with Crippen LogP contribution in [-0.2, 0) is 0 Å². The van der Waals surface area contributed by atoms with E-state index in [1.807, 2.05) is 0 Å². The van der Waals surface area contributed by atoms with Crippen LogP contribution in [0.2, 0.25) is 0 Å². The van der Waals surface area contributed by atoms with Crippen LogP contribution in [0.15, 0.2) is 5.18 Å². The highest BCUT2D eigenvalue weighted by Gasteiger charge is 2.38. The fourth-order valence-corrected chi connectivity index (χ4v) is 1.85. The van der Waals surface area contributed by atoms with Crippen molar-refractivity contribution in [2.45, 2.75) is 24.8 Å². The van der Waals surface area contributed by atoms with Crippen molar-refractivity contribution in [1.29, 1.82) is 0 Å². The highest BCUT2D eigenvalue weighted by Crippen LogP contribution is 2.31. The van der Waals surface area contributed by atoms with Gasteiger partial charge in [0.2, 0.25) is 0 Å². The second-order valence-corrected chi connectivity index (χ2v) is 3.59. The Morgan fingerprint density at radius 3 is 1.93 bits per heavy atom. The van der Waals surface area contributed by atoms with Gasteiger partial charge in [0.25, 0.3) is 0 Å². The van der Waals surface area contributed by atoms with Crippen LogP contribution in [0.3, 0.4) is 0 Å². The second-order valence-electron chi connectivity index (χ2n) is 3.59. The fourth-order valence-electron chi connectivity index (χ4n) is 1.85. The van der Waals surface area contributed by atoms with Crippen LogP contribution in [0, 0.1) is 10.8 Å². The minimum absolute atomic E-state index is 0.0873. The Bertz CT molecular complexity index is 171. The quantitative estimate of drug-likeness (QED) is 0.380. The molecule has 0 aliphatic heterocycles. The maximum atomic E-state index is 10.9. The molecule has 0 saturated heterocycles. The third-order valence-electron chi connectivity index (χ3n) is 2.79. The van der Waals surface area contributed by atoms with Crippen LogP contribution >= 0.6 is 0 Å². The van der Waals surface area contributed by atoms with Crippen molar-refractivity contribution in [2.75, 3.05) is 26.4 Å². The molecule has 6 nitrogen and oxygen atoms in total. The van der Waals surface area contributed by atoms with Crippen LogP contribution in [-0.4, -0.2) is 47.2 Å². The van der Waals surface area contributed by atoms with Crippen LogP contribution < -0.4 is 5.73 Å². The average molecular weight is 220 g/mol. The average Bonchev–Trinajstić information content (AvgIpc) is 2.25. The number of hydrogen-bond donors (Lipinski definition) is 4. The highest BCUT2D eigenvalue weighted by atomic mass is 16.3. The summed E-state index contributed by atoms with van der Waals surface area (Å²) in [6, 6.07) is 0. The van der Waals surface area contributed by atoms with Gasteiger partial charge in [-0.15, -0.1) is 0 Å². The molecule has 0 spiro atoms. The molecule has 0 aromatic rings. The highest BCUT2D eigenvalue weighted by molar-refractivity contribution is 4.94. The molecule has 0 saturated carbocycles. The first-order chi connectivity index (χ1) is 7.20. The lowest BCUT2D eigenvalue weighted by Crippen LogP contribution is -2.42. The van der Waals surface area contributed by atoms with Crippen LogP contribution in [0.4, 0.5) is 0 Å². The monoisotopic (exact) mass is 220 g/mol. The van der Waals surface area contributed by atoms with Crippen LogP contribution in [0.1, 0.15) is 19.3 Å². The van der Waals surface area contributed by atoms with Gasteiger partial charge in [0.1, 0.15) is 5.54 Å². The SMILES string of the molecule is NCC(CCO)C(CCO)(CCO)N=O. The van der Waals surface area contributed by atoms with E-state index in [-0.39, 0.29) is 45.1 Å². The molecule has 0 aromatic heterocycles. The molecule has 0 rings (SSSR count). The maximum Gasteiger partial charge on any atom is 0.111 e. The predicted octanol–water partition coefficient (Wildman–Crippen LogP) is -0.786. The lowest BCUT2D eigenvalue weighted by atomic mass is 9.78. The van der Waals surface area contributed by atoms with E-state index in [1.165, 1.54) is 0 Å². The molecule has 6 heteroatoms. The molecule has 15 heavy (non-hydrogen) atoms. The van der Waals surface area contributed by atoms with E-state index >= 15 is 0 Å². The maximum absolute atomic E-state index is 10.9. The van der Waals surface area contributed by atoms with E-state index in [9.17, 15) is 4.91 Å². The van der Waals surface area contributed by atoms with Gasteiger partial charge in [-0.05, 0) is 25.8 Å². The summed E-state index contributed by atoms with van der Waals surface area (Å²) in [7, 11) is 0. The van der Waals surface area contributed by atoms with E-state index in [1.54, 1.807) is 0 Å². The van der Waals surface area contributed by atoms with E-state index < -0.39 is 5.54 Å². The van der Waals surface area contributed by atoms with Crippen molar-refractivity contribution in [2.24, 2.45) is 16.8 Å². The van der Waals surface area contributed by atoms with Crippen molar-refractivity contribution < 1.29 is 15.3 Å². The van der Waals surface area contributed by atoms with Gasteiger partial charge in [-0.1, -0.05) is 5.18 Å². The molecule has 0 radical (unpaired) electrons. The number of hydrogen-bond acceptors (Lipinski definition) is 6. The molecule has 5 N–H and O–H groups in total. The van der Waals surface area contributed by atoms with Gasteiger partial charge in [0.15, 0.2) is 0 Å². The van der Waals surface area contributed by atoms with E-state index in [2.05, 4.69) is 5.18 Å². The summed E-state index contributed by atoms with van der Waals surface area (Å²) in [6.07, 6.45) is 0.681. The Balaban J connectivity index is 4.73. The summed E-state index contributed by atoms with van der Waals surface area (Å²) in [5.74, 6) is -0.306. The Kier molecular flexibility index (Phi) is 7.41. The third kappa shape index (κ3) is 3.83. The van der Waals surface area contributed by atoms with Crippen molar-refractivity contribution in [3.63, 3.8) is 0 Å². The van der Waals surface area contributed by atoms with Gasteiger partial charge in [-0.25, -0.2) is 0 Å².